The molecule has 1 atom stereocenters. The zero-order valence-corrected chi connectivity index (χ0v) is 12.8. The van der Waals surface area contributed by atoms with Crippen LogP contribution >= 0.6 is 0 Å². The number of hydrogen-bond acceptors (Lipinski definition) is 4. The molecule has 0 aromatic carbocycles. The Kier molecular flexibility index (Phi) is 5.44. The van der Waals surface area contributed by atoms with Gasteiger partial charge in [0.25, 0.3) is 0 Å². The van der Waals surface area contributed by atoms with Crippen molar-refractivity contribution in [3.8, 4) is 0 Å². The van der Waals surface area contributed by atoms with Crippen molar-refractivity contribution in [3.63, 3.8) is 0 Å². The summed E-state index contributed by atoms with van der Waals surface area (Å²) in [4.78, 5) is 13.4. The summed E-state index contributed by atoms with van der Waals surface area (Å²) in [7, 11) is 1.68. The molecule has 2 N–H and O–H groups in total. The molecule has 0 radical (unpaired) electrons. The molecule has 0 aliphatic heterocycles. The molecule has 0 saturated carbocycles. The van der Waals surface area contributed by atoms with Crippen molar-refractivity contribution in [3.05, 3.63) is 17.8 Å². The van der Waals surface area contributed by atoms with Crippen molar-refractivity contribution in [2.24, 2.45) is 0 Å². The predicted octanol–water partition coefficient (Wildman–Crippen LogP) is 2.01. The first kappa shape index (κ1) is 16.4. The minimum Gasteiger partial charge on any atom is -0.393 e. The summed E-state index contributed by atoms with van der Waals surface area (Å²) in [5.74, 6) is 0.423. The maximum atomic E-state index is 11.9. The van der Waals surface area contributed by atoms with E-state index in [0.717, 1.165) is 5.69 Å². The first-order valence-corrected chi connectivity index (χ1v) is 6.74. The monoisotopic (exact) mass is 280 g/mol. The van der Waals surface area contributed by atoms with Gasteiger partial charge in [-0.2, -0.15) is 5.10 Å². The van der Waals surface area contributed by atoms with Gasteiger partial charge in [0.15, 0.2) is 5.82 Å². The molecule has 0 aliphatic rings. The summed E-state index contributed by atoms with van der Waals surface area (Å²) in [6, 6.07) is 3.34. The highest BCUT2D eigenvalue weighted by Crippen LogP contribution is 2.19. The Labute approximate surface area is 120 Å². The molecule has 112 valence electrons. The third-order valence-corrected chi connectivity index (χ3v) is 2.90. The smallest absolute Gasteiger partial charge is 0.322 e. The maximum absolute atomic E-state index is 11.9. The van der Waals surface area contributed by atoms with Gasteiger partial charge in [-0.3, -0.25) is 5.32 Å². The second-order valence-corrected chi connectivity index (χ2v) is 6.04. The number of aromatic nitrogens is 2. The lowest BCUT2D eigenvalue weighted by atomic mass is 9.92. The lowest BCUT2D eigenvalue weighted by molar-refractivity contribution is 0.167. The predicted molar refractivity (Wildman–Crippen MR) is 78.7 cm³/mol. The van der Waals surface area contributed by atoms with Crippen LogP contribution in [0.15, 0.2) is 12.1 Å². The Morgan fingerprint density at radius 1 is 1.40 bits per heavy atom. The quantitative estimate of drug-likeness (QED) is 0.884. The number of anilines is 1. The van der Waals surface area contributed by atoms with Crippen molar-refractivity contribution in [1.82, 2.24) is 15.1 Å². The van der Waals surface area contributed by atoms with Crippen LogP contribution < -0.4 is 5.32 Å². The molecule has 1 unspecified atom stereocenters. The van der Waals surface area contributed by atoms with Crippen LogP contribution in [0.5, 0.6) is 0 Å². The highest BCUT2D eigenvalue weighted by Gasteiger charge is 2.16. The number of aliphatic hydroxyl groups excluding tert-OH is 1. The van der Waals surface area contributed by atoms with Gasteiger partial charge in [-0.1, -0.05) is 20.8 Å². The number of aliphatic hydroxyl groups is 1. The summed E-state index contributed by atoms with van der Waals surface area (Å²) in [6.45, 7) is 8.34. The maximum Gasteiger partial charge on any atom is 0.322 e. The zero-order valence-electron chi connectivity index (χ0n) is 12.8. The van der Waals surface area contributed by atoms with E-state index in [0.29, 0.717) is 18.8 Å². The number of nitrogens with zero attached hydrogens (tertiary/aromatic N) is 3. The Morgan fingerprint density at radius 2 is 2.05 bits per heavy atom. The molecule has 2 amide bonds. The molecule has 6 nitrogen and oxygen atoms in total. The number of carbonyl (C=O) groups is 1. The van der Waals surface area contributed by atoms with E-state index in [2.05, 4.69) is 36.3 Å². The first-order chi connectivity index (χ1) is 9.20. The third kappa shape index (κ3) is 5.13. The Hall–Kier alpha value is -1.69. The molecule has 0 fully saturated rings. The minimum atomic E-state index is -0.420. The molecule has 1 aromatic rings. The van der Waals surface area contributed by atoms with E-state index in [4.69, 9.17) is 0 Å². The number of nitrogens with one attached hydrogen (secondary N) is 1. The van der Waals surface area contributed by atoms with Gasteiger partial charge < -0.3 is 10.0 Å². The molecule has 20 heavy (non-hydrogen) atoms. The van der Waals surface area contributed by atoms with Crippen LogP contribution in [-0.2, 0) is 5.41 Å². The van der Waals surface area contributed by atoms with E-state index in [9.17, 15) is 9.90 Å². The van der Waals surface area contributed by atoms with E-state index in [1.807, 2.05) is 6.07 Å². The van der Waals surface area contributed by atoms with E-state index in [-0.39, 0.29) is 11.4 Å². The molecule has 0 bridgehead atoms. The summed E-state index contributed by atoms with van der Waals surface area (Å²) < 4.78 is 0. The average molecular weight is 280 g/mol. The normalized spacial score (nSPS) is 12.9. The van der Waals surface area contributed by atoms with Crippen LogP contribution in [0.3, 0.4) is 0 Å². The standard InChI is InChI=1S/C14H24N4O2/c1-10(19)8-9-18(5)13(20)15-12-7-6-11(16-17-12)14(2,3)4/h6-7,10,19H,8-9H2,1-5H3,(H,15,17,20). The fourth-order valence-electron chi connectivity index (χ4n) is 1.49. The molecule has 1 rings (SSSR count). The fourth-order valence-corrected chi connectivity index (χ4v) is 1.49. The average Bonchev–Trinajstić information content (AvgIpc) is 2.35. The molecule has 0 saturated heterocycles. The van der Waals surface area contributed by atoms with Crippen LogP contribution in [0.2, 0.25) is 0 Å². The van der Waals surface area contributed by atoms with Gasteiger partial charge in [0.05, 0.1) is 11.8 Å². The van der Waals surface area contributed by atoms with Crippen LogP contribution in [0.4, 0.5) is 10.6 Å². The van der Waals surface area contributed by atoms with E-state index in [1.54, 1.807) is 20.0 Å². The summed E-state index contributed by atoms with van der Waals surface area (Å²) in [5, 5.41) is 20.0. The number of rotatable bonds is 4. The second kappa shape index (κ2) is 6.65. The van der Waals surface area contributed by atoms with Gasteiger partial charge in [-0.05, 0) is 25.5 Å². The first-order valence-electron chi connectivity index (χ1n) is 6.74. The lowest BCUT2D eigenvalue weighted by Crippen LogP contribution is -2.33. The highest BCUT2D eigenvalue weighted by molar-refractivity contribution is 5.87. The number of urea groups is 1. The third-order valence-electron chi connectivity index (χ3n) is 2.90. The van der Waals surface area contributed by atoms with Gasteiger partial charge in [-0.25, -0.2) is 4.79 Å². The van der Waals surface area contributed by atoms with Gasteiger partial charge in [0, 0.05) is 19.0 Å². The van der Waals surface area contributed by atoms with Gasteiger partial charge in [0.2, 0.25) is 0 Å². The van der Waals surface area contributed by atoms with Crippen LogP contribution in [0.25, 0.3) is 0 Å². The Morgan fingerprint density at radius 3 is 2.50 bits per heavy atom. The Balaban J connectivity index is 2.58. The van der Waals surface area contributed by atoms with Crippen molar-refractivity contribution in [2.75, 3.05) is 18.9 Å². The minimum absolute atomic E-state index is 0.0659. The SMILES string of the molecule is CC(O)CCN(C)C(=O)Nc1ccc(C(C)(C)C)nn1. The molecule has 6 heteroatoms. The zero-order chi connectivity index (χ0) is 15.3. The number of amides is 2. The highest BCUT2D eigenvalue weighted by atomic mass is 16.3. The number of hydrogen-bond donors (Lipinski definition) is 2. The van der Waals surface area contributed by atoms with Crippen molar-refractivity contribution in [2.45, 2.75) is 45.6 Å². The fraction of sp³-hybridized carbons (Fsp3) is 0.643. The summed E-state index contributed by atoms with van der Waals surface area (Å²) >= 11 is 0. The van der Waals surface area contributed by atoms with Gasteiger partial charge in [-0.15, -0.1) is 5.10 Å². The van der Waals surface area contributed by atoms with Gasteiger partial charge in [0.1, 0.15) is 0 Å². The van der Waals surface area contributed by atoms with E-state index < -0.39 is 6.10 Å². The van der Waals surface area contributed by atoms with Crippen molar-refractivity contribution < 1.29 is 9.90 Å². The molecular weight excluding hydrogens is 256 g/mol. The summed E-state index contributed by atoms with van der Waals surface area (Å²) in [6.07, 6.45) is 0.120. The van der Waals surface area contributed by atoms with Crippen LogP contribution in [0, 0.1) is 0 Å². The largest absolute Gasteiger partial charge is 0.393 e. The second-order valence-electron chi connectivity index (χ2n) is 6.04. The van der Waals surface area contributed by atoms with Crippen LogP contribution in [-0.4, -0.2) is 45.9 Å². The lowest BCUT2D eigenvalue weighted by Gasteiger charge is -2.19. The number of carbonyl (C=O) groups excluding carboxylic acids is 1. The van der Waals surface area contributed by atoms with Crippen molar-refractivity contribution in [1.29, 1.82) is 0 Å². The van der Waals surface area contributed by atoms with Gasteiger partial charge >= 0.3 is 6.03 Å². The Bertz CT molecular complexity index is 437. The van der Waals surface area contributed by atoms with Crippen LogP contribution in [0.1, 0.15) is 39.8 Å². The molecular formula is C14H24N4O2. The molecule has 1 aromatic heterocycles. The molecule has 0 spiro atoms. The molecule has 1 heterocycles. The molecule has 0 aliphatic carbocycles. The van der Waals surface area contributed by atoms with E-state index in [1.165, 1.54) is 4.90 Å². The van der Waals surface area contributed by atoms with E-state index >= 15 is 0 Å². The summed E-state index contributed by atoms with van der Waals surface area (Å²) in [5.41, 5.74) is 0.807. The van der Waals surface area contributed by atoms with Crippen molar-refractivity contribution >= 4 is 11.8 Å². The topological polar surface area (TPSA) is 78.4 Å².